The van der Waals surface area contributed by atoms with E-state index >= 15 is 0 Å². The van der Waals surface area contributed by atoms with Crippen LogP contribution in [0.3, 0.4) is 0 Å². The molecule has 1 aromatic carbocycles. The van der Waals surface area contributed by atoms with Gasteiger partial charge in [0.1, 0.15) is 0 Å². The average molecular weight is 305 g/mol. The number of alkyl halides is 3. The fraction of sp³-hybridized carbons (Fsp3) is 0.600. The van der Waals surface area contributed by atoms with Crippen molar-refractivity contribution < 1.29 is 13.2 Å². The van der Waals surface area contributed by atoms with Crippen LogP contribution in [0.15, 0.2) is 24.3 Å². The van der Waals surface area contributed by atoms with Gasteiger partial charge in [0.05, 0.1) is 0 Å². The molecule has 0 heterocycles. The third-order valence-corrected chi connectivity index (χ3v) is 3.78. The molecule has 5 heteroatoms. The van der Waals surface area contributed by atoms with Gasteiger partial charge in [0.25, 0.3) is 0 Å². The maximum absolute atomic E-state index is 12.3. The van der Waals surface area contributed by atoms with Crippen molar-refractivity contribution in [2.45, 2.75) is 45.3 Å². The van der Waals surface area contributed by atoms with E-state index in [1.54, 1.807) is 0 Å². The maximum Gasteiger partial charge on any atom is 0.441 e. The Labute approximate surface area is 123 Å². The van der Waals surface area contributed by atoms with Gasteiger partial charge in [0, 0.05) is 18.3 Å². The van der Waals surface area contributed by atoms with Crippen molar-refractivity contribution in [3.05, 3.63) is 35.4 Å². The molecule has 1 unspecified atom stereocenters. The summed E-state index contributed by atoms with van der Waals surface area (Å²) in [7, 11) is 0. The lowest BCUT2D eigenvalue weighted by Gasteiger charge is -2.21. The number of benzene rings is 1. The molecule has 0 aliphatic heterocycles. The molecule has 0 fully saturated rings. The summed E-state index contributed by atoms with van der Waals surface area (Å²) in [4.78, 5) is 0. The van der Waals surface area contributed by atoms with Crippen LogP contribution in [0.2, 0.25) is 0 Å². The van der Waals surface area contributed by atoms with E-state index in [1.165, 1.54) is 0 Å². The Balaban J connectivity index is 2.51. The Morgan fingerprint density at radius 3 is 2.50 bits per heavy atom. The fourth-order valence-corrected chi connectivity index (χ4v) is 2.70. The minimum atomic E-state index is -4.15. The summed E-state index contributed by atoms with van der Waals surface area (Å²) >= 11 is 0.0595. The molecule has 1 atom stereocenters. The third kappa shape index (κ3) is 7.80. The molecule has 0 aliphatic rings. The van der Waals surface area contributed by atoms with E-state index in [0.29, 0.717) is 12.5 Å². The minimum absolute atomic E-state index is 0.0595. The smallest absolute Gasteiger partial charge is 0.309 e. The molecule has 1 N–H and O–H groups in total. The summed E-state index contributed by atoms with van der Waals surface area (Å²) in [5.74, 6) is 0.437. The number of hydrogen-bond acceptors (Lipinski definition) is 2. The lowest BCUT2D eigenvalue weighted by molar-refractivity contribution is -0.0329. The van der Waals surface area contributed by atoms with Crippen LogP contribution in [0.25, 0.3) is 0 Å². The van der Waals surface area contributed by atoms with Crippen LogP contribution in [0.1, 0.15) is 31.4 Å². The highest BCUT2D eigenvalue weighted by atomic mass is 32.2. The molecule has 114 valence electrons. The molecule has 20 heavy (non-hydrogen) atoms. The van der Waals surface area contributed by atoms with Crippen molar-refractivity contribution in [2.24, 2.45) is 5.92 Å². The molecule has 0 amide bonds. The van der Waals surface area contributed by atoms with Crippen LogP contribution in [-0.2, 0) is 6.54 Å². The number of hydrogen-bond donors (Lipinski definition) is 1. The predicted octanol–water partition coefficient (Wildman–Crippen LogP) is 4.75. The van der Waals surface area contributed by atoms with Gasteiger partial charge in [-0.15, -0.1) is 0 Å². The SMILES string of the molecule is Cc1cccc(CNC(CSC(F)(F)F)CC(C)C)c1. The van der Waals surface area contributed by atoms with Crippen LogP contribution in [0.4, 0.5) is 13.2 Å². The Kier molecular flexibility index (Phi) is 6.89. The van der Waals surface area contributed by atoms with Gasteiger partial charge in [-0.2, -0.15) is 13.2 Å². The highest BCUT2D eigenvalue weighted by Gasteiger charge is 2.29. The molecule has 0 radical (unpaired) electrons. The fourth-order valence-electron chi connectivity index (χ4n) is 2.06. The van der Waals surface area contributed by atoms with Gasteiger partial charge in [0.2, 0.25) is 0 Å². The zero-order chi connectivity index (χ0) is 15.2. The van der Waals surface area contributed by atoms with Crippen molar-refractivity contribution in [2.75, 3.05) is 5.75 Å². The first-order valence-electron chi connectivity index (χ1n) is 6.76. The monoisotopic (exact) mass is 305 g/mol. The standard InChI is InChI=1S/C15H22F3NS/c1-11(2)7-14(10-20-15(16,17)18)19-9-13-6-4-5-12(3)8-13/h4-6,8,11,14,19H,7,9-10H2,1-3H3. The molecule has 1 nitrogen and oxygen atoms in total. The number of rotatable bonds is 7. The first kappa shape index (κ1) is 17.4. The Morgan fingerprint density at radius 1 is 1.25 bits per heavy atom. The molecule has 0 spiro atoms. The summed E-state index contributed by atoms with van der Waals surface area (Å²) in [6.45, 7) is 6.67. The van der Waals surface area contributed by atoms with Crippen LogP contribution in [0.5, 0.6) is 0 Å². The van der Waals surface area contributed by atoms with Crippen molar-refractivity contribution in [3.63, 3.8) is 0 Å². The van der Waals surface area contributed by atoms with Gasteiger partial charge in [-0.25, -0.2) is 0 Å². The lowest BCUT2D eigenvalue weighted by atomic mass is 10.0. The van der Waals surface area contributed by atoms with Crippen molar-refractivity contribution in [3.8, 4) is 0 Å². The predicted molar refractivity (Wildman–Crippen MR) is 79.8 cm³/mol. The molecule has 0 aromatic heterocycles. The number of thioether (sulfide) groups is 1. The first-order valence-corrected chi connectivity index (χ1v) is 7.74. The van der Waals surface area contributed by atoms with Gasteiger partial charge in [0.15, 0.2) is 0 Å². The Morgan fingerprint density at radius 2 is 1.95 bits per heavy atom. The van der Waals surface area contributed by atoms with E-state index in [9.17, 15) is 13.2 Å². The molecule has 1 rings (SSSR count). The van der Waals surface area contributed by atoms with E-state index < -0.39 is 5.51 Å². The van der Waals surface area contributed by atoms with E-state index in [1.807, 2.05) is 39.0 Å². The molecule has 0 bridgehead atoms. The maximum atomic E-state index is 12.3. The van der Waals surface area contributed by atoms with Gasteiger partial charge in [-0.3, -0.25) is 0 Å². The van der Waals surface area contributed by atoms with Crippen molar-refractivity contribution in [1.29, 1.82) is 0 Å². The number of halogens is 3. The minimum Gasteiger partial charge on any atom is -0.309 e. The van der Waals surface area contributed by atoms with Crippen LogP contribution < -0.4 is 5.32 Å². The van der Waals surface area contributed by atoms with Crippen LogP contribution in [-0.4, -0.2) is 17.3 Å². The summed E-state index contributed by atoms with van der Waals surface area (Å²) in [5, 5.41) is 3.25. The molecular weight excluding hydrogens is 283 g/mol. The van der Waals surface area contributed by atoms with E-state index in [-0.39, 0.29) is 23.6 Å². The molecule has 0 aliphatic carbocycles. The zero-order valence-electron chi connectivity index (χ0n) is 12.1. The average Bonchev–Trinajstić information content (AvgIpc) is 2.31. The van der Waals surface area contributed by atoms with Crippen LogP contribution in [0, 0.1) is 12.8 Å². The Bertz CT molecular complexity index is 404. The highest BCUT2D eigenvalue weighted by Crippen LogP contribution is 2.31. The molecule has 0 saturated carbocycles. The highest BCUT2D eigenvalue weighted by molar-refractivity contribution is 8.00. The number of aryl methyl sites for hydroxylation is 1. The van der Waals surface area contributed by atoms with Crippen molar-refractivity contribution >= 4 is 11.8 Å². The summed E-state index contributed by atoms with van der Waals surface area (Å²) in [6.07, 6.45) is 0.745. The van der Waals surface area contributed by atoms with Gasteiger partial charge >= 0.3 is 5.51 Å². The van der Waals surface area contributed by atoms with Gasteiger partial charge in [-0.05, 0) is 36.6 Å². The quantitative estimate of drug-likeness (QED) is 0.780. The zero-order valence-corrected chi connectivity index (χ0v) is 12.9. The Hall–Kier alpha value is -0.680. The van der Waals surface area contributed by atoms with Crippen molar-refractivity contribution in [1.82, 2.24) is 5.32 Å². The normalized spacial score (nSPS) is 13.8. The first-order chi connectivity index (χ1) is 9.26. The lowest BCUT2D eigenvalue weighted by Crippen LogP contribution is -2.33. The summed E-state index contributed by atoms with van der Waals surface area (Å²) < 4.78 is 36.9. The summed E-state index contributed by atoms with van der Waals surface area (Å²) in [6, 6.07) is 7.89. The van der Waals surface area contributed by atoms with Crippen LogP contribution >= 0.6 is 11.8 Å². The molecule has 0 saturated heterocycles. The third-order valence-electron chi connectivity index (χ3n) is 2.88. The second-order valence-corrected chi connectivity index (χ2v) is 6.54. The molecular formula is C15H22F3NS. The number of nitrogens with one attached hydrogen (secondary N) is 1. The van der Waals surface area contributed by atoms with E-state index in [0.717, 1.165) is 17.5 Å². The summed E-state index contributed by atoms with van der Waals surface area (Å²) in [5.41, 5.74) is -1.88. The van der Waals surface area contributed by atoms with Gasteiger partial charge in [-0.1, -0.05) is 43.7 Å². The largest absolute Gasteiger partial charge is 0.441 e. The molecule has 1 aromatic rings. The second kappa shape index (κ2) is 7.93. The van der Waals surface area contributed by atoms with E-state index in [2.05, 4.69) is 11.4 Å². The van der Waals surface area contributed by atoms with E-state index in [4.69, 9.17) is 0 Å². The topological polar surface area (TPSA) is 12.0 Å². The second-order valence-electron chi connectivity index (χ2n) is 5.45. The van der Waals surface area contributed by atoms with Gasteiger partial charge < -0.3 is 5.32 Å².